The molecule has 0 aliphatic carbocycles. The number of rotatable bonds is 5. The van der Waals surface area contributed by atoms with Crippen LogP contribution in [0.3, 0.4) is 0 Å². The number of hydrogen-bond acceptors (Lipinski definition) is 4. The van der Waals surface area contributed by atoms with Gasteiger partial charge < -0.3 is 20.1 Å². The summed E-state index contributed by atoms with van der Waals surface area (Å²) in [5.74, 6) is -0.682. The molecule has 0 radical (unpaired) electrons. The van der Waals surface area contributed by atoms with Crippen LogP contribution in [0, 0.1) is 0 Å². The molecule has 25 heavy (non-hydrogen) atoms. The predicted molar refractivity (Wildman–Crippen MR) is 85.4 cm³/mol. The summed E-state index contributed by atoms with van der Waals surface area (Å²) in [7, 11) is -0.337. The second-order valence-electron chi connectivity index (χ2n) is 5.21. The van der Waals surface area contributed by atoms with Gasteiger partial charge in [-0.1, -0.05) is 24.3 Å². The number of carbonyl (C=O) groups excluding carboxylic acids is 1. The number of ether oxygens (including phenoxy) is 1. The first kappa shape index (κ1) is 18.8. The van der Waals surface area contributed by atoms with E-state index in [0.717, 1.165) is 18.2 Å². The molecule has 0 bridgehead atoms. The van der Waals surface area contributed by atoms with Crippen LogP contribution in [0.4, 0.5) is 13.2 Å². The lowest BCUT2D eigenvalue weighted by atomic mass is 9.80. The number of halogens is 3. The molecule has 2 aromatic rings. The predicted octanol–water partition coefficient (Wildman–Crippen LogP) is 1.32. The fourth-order valence-electron chi connectivity index (χ4n) is 2.15. The number of hydrogen-bond donors (Lipinski definition) is 3. The van der Waals surface area contributed by atoms with Gasteiger partial charge >= 0.3 is 13.3 Å². The average Bonchev–Trinajstić information content (AvgIpc) is 2.58. The third-order valence-electron chi connectivity index (χ3n) is 3.50. The van der Waals surface area contributed by atoms with Gasteiger partial charge in [0, 0.05) is 6.54 Å². The molecular weight excluding hydrogens is 338 g/mol. The van der Waals surface area contributed by atoms with Crippen LogP contribution < -0.4 is 15.5 Å². The lowest BCUT2D eigenvalue weighted by molar-refractivity contribution is -0.137. The fraction of sp³-hybridized carbons (Fsp3) is 0.188. The Hall–Kier alpha value is -2.52. The molecule has 132 valence electrons. The van der Waals surface area contributed by atoms with Crippen molar-refractivity contribution in [2.24, 2.45) is 0 Å². The normalized spacial score (nSPS) is 11.1. The van der Waals surface area contributed by atoms with Crippen LogP contribution >= 0.6 is 0 Å². The van der Waals surface area contributed by atoms with E-state index in [1.807, 2.05) is 0 Å². The Labute approximate surface area is 142 Å². The quantitative estimate of drug-likeness (QED) is 0.709. The van der Waals surface area contributed by atoms with Gasteiger partial charge in [0.2, 0.25) is 0 Å². The summed E-state index contributed by atoms with van der Waals surface area (Å²) in [5, 5.41) is 20.5. The highest BCUT2D eigenvalue weighted by atomic mass is 19.4. The standard InChI is InChI=1S/C16H15BF3NO4/c1-25-14-7-4-11(16(18,19)20)8-13(14)15(22)21-9-10-2-5-12(6-3-10)17(23)24/h2-8,23-24H,9H2,1H3,(H,21,22). The summed E-state index contributed by atoms with van der Waals surface area (Å²) in [6.45, 7) is 0.0556. The molecule has 0 fully saturated rings. The van der Waals surface area contributed by atoms with Crippen molar-refractivity contribution in [2.75, 3.05) is 7.11 Å². The Morgan fingerprint density at radius 1 is 1.16 bits per heavy atom. The molecule has 0 heterocycles. The number of amides is 1. The van der Waals surface area contributed by atoms with E-state index >= 15 is 0 Å². The highest BCUT2D eigenvalue weighted by Crippen LogP contribution is 2.32. The molecular formula is C16H15BF3NO4. The fourth-order valence-corrected chi connectivity index (χ4v) is 2.15. The second kappa shape index (κ2) is 7.58. The van der Waals surface area contributed by atoms with Crippen molar-refractivity contribution in [1.82, 2.24) is 5.32 Å². The first-order valence-corrected chi connectivity index (χ1v) is 7.21. The van der Waals surface area contributed by atoms with E-state index in [-0.39, 0.29) is 23.3 Å². The van der Waals surface area contributed by atoms with E-state index in [4.69, 9.17) is 14.8 Å². The summed E-state index contributed by atoms with van der Waals surface area (Å²) in [6, 6.07) is 8.74. The van der Waals surface area contributed by atoms with Gasteiger partial charge in [-0.15, -0.1) is 0 Å². The Bertz CT molecular complexity index is 748. The highest BCUT2D eigenvalue weighted by molar-refractivity contribution is 6.58. The third-order valence-corrected chi connectivity index (χ3v) is 3.50. The van der Waals surface area contributed by atoms with Crippen molar-refractivity contribution in [3.05, 3.63) is 59.2 Å². The molecule has 5 nitrogen and oxygen atoms in total. The molecule has 0 aromatic heterocycles. The maximum absolute atomic E-state index is 12.8. The number of carbonyl (C=O) groups is 1. The van der Waals surface area contributed by atoms with Crippen molar-refractivity contribution in [1.29, 1.82) is 0 Å². The van der Waals surface area contributed by atoms with E-state index in [1.54, 1.807) is 12.1 Å². The van der Waals surface area contributed by atoms with Crippen LogP contribution in [0.5, 0.6) is 5.75 Å². The smallest absolute Gasteiger partial charge is 0.488 e. The van der Waals surface area contributed by atoms with Crippen molar-refractivity contribution < 1.29 is 32.8 Å². The van der Waals surface area contributed by atoms with Gasteiger partial charge in [-0.2, -0.15) is 13.2 Å². The van der Waals surface area contributed by atoms with E-state index in [2.05, 4.69) is 5.32 Å². The number of alkyl halides is 3. The van der Waals surface area contributed by atoms with Crippen LogP contribution in [-0.2, 0) is 12.7 Å². The van der Waals surface area contributed by atoms with Crippen LogP contribution in [-0.4, -0.2) is 30.2 Å². The van der Waals surface area contributed by atoms with Crippen LogP contribution in [0.1, 0.15) is 21.5 Å². The Kier molecular flexibility index (Phi) is 5.71. The maximum Gasteiger partial charge on any atom is 0.488 e. The monoisotopic (exact) mass is 353 g/mol. The lowest BCUT2D eigenvalue weighted by Crippen LogP contribution is -2.30. The Morgan fingerprint density at radius 2 is 1.80 bits per heavy atom. The van der Waals surface area contributed by atoms with E-state index < -0.39 is 24.8 Å². The molecule has 2 aromatic carbocycles. The molecule has 0 saturated carbocycles. The van der Waals surface area contributed by atoms with E-state index in [0.29, 0.717) is 5.56 Å². The summed E-state index contributed by atoms with van der Waals surface area (Å²) in [4.78, 5) is 12.2. The third kappa shape index (κ3) is 4.74. The molecule has 9 heteroatoms. The summed E-state index contributed by atoms with van der Waals surface area (Å²) >= 11 is 0. The zero-order valence-electron chi connectivity index (χ0n) is 13.2. The second-order valence-corrected chi connectivity index (χ2v) is 5.21. The van der Waals surface area contributed by atoms with Gasteiger partial charge in [0.1, 0.15) is 5.75 Å². The molecule has 1 amide bonds. The minimum atomic E-state index is -4.57. The topological polar surface area (TPSA) is 78.8 Å². The van der Waals surface area contributed by atoms with Crippen LogP contribution in [0.25, 0.3) is 0 Å². The Balaban J connectivity index is 2.14. The van der Waals surface area contributed by atoms with Crippen molar-refractivity contribution >= 4 is 18.5 Å². The lowest BCUT2D eigenvalue weighted by Gasteiger charge is -2.13. The molecule has 0 aliphatic heterocycles. The van der Waals surface area contributed by atoms with Gasteiger partial charge in [0.25, 0.3) is 5.91 Å². The van der Waals surface area contributed by atoms with Gasteiger partial charge in [0.15, 0.2) is 0 Å². The molecule has 0 spiro atoms. The number of methoxy groups -OCH3 is 1. The first-order chi connectivity index (χ1) is 11.7. The van der Waals surface area contributed by atoms with Crippen LogP contribution in [0.15, 0.2) is 42.5 Å². The minimum absolute atomic E-state index is 0.0317. The van der Waals surface area contributed by atoms with Crippen molar-refractivity contribution in [2.45, 2.75) is 12.7 Å². The van der Waals surface area contributed by atoms with Gasteiger partial charge in [-0.25, -0.2) is 0 Å². The first-order valence-electron chi connectivity index (χ1n) is 7.21. The molecule has 0 saturated heterocycles. The highest BCUT2D eigenvalue weighted by Gasteiger charge is 2.32. The molecule has 0 unspecified atom stereocenters. The zero-order valence-corrected chi connectivity index (χ0v) is 13.2. The van der Waals surface area contributed by atoms with E-state index in [1.165, 1.54) is 19.2 Å². The summed E-state index contributed by atoms with van der Waals surface area (Å²) in [6.07, 6.45) is -4.57. The molecule has 3 N–H and O–H groups in total. The van der Waals surface area contributed by atoms with Crippen LogP contribution in [0.2, 0.25) is 0 Å². The Morgan fingerprint density at radius 3 is 2.32 bits per heavy atom. The SMILES string of the molecule is COc1ccc(C(F)(F)F)cc1C(=O)NCc1ccc(B(O)O)cc1. The van der Waals surface area contributed by atoms with Gasteiger partial charge in [-0.05, 0) is 29.2 Å². The van der Waals surface area contributed by atoms with Crippen molar-refractivity contribution in [3.8, 4) is 5.75 Å². The minimum Gasteiger partial charge on any atom is -0.496 e. The zero-order chi connectivity index (χ0) is 18.6. The van der Waals surface area contributed by atoms with Gasteiger partial charge in [-0.3, -0.25) is 4.79 Å². The largest absolute Gasteiger partial charge is 0.496 e. The average molecular weight is 353 g/mol. The molecule has 0 atom stereocenters. The van der Waals surface area contributed by atoms with E-state index in [9.17, 15) is 18.0 Å². The number of benzene rings is 2. The number of nitrogens with one attached hydrogen (secondary N) is 1. The summed E-state index contributed by atoms with van der Waals surface area (Å²) in [5.41, 5.74) is -0.238. The molecule has 0 aliphatic rings. The van der Waals surface area contributed by atoms with Crippen molar-refractivity contribution in [3.63, 3.8) is 0 Å². The maximum atomic E-state index is 12.8. The van der Waals surface area contributed by atoms with Gasteiger partial charge in [0.05, 0.1) is 18.2 Å². The molecule has 2 rings (SSSR count). The summed E-state index contributed by atoms with van der Waals surface area (Å²) < 4.78 is 43.4.